The number of nitrogens with two attached hydrogens (primary N) is 2. The largest absolute Gasteiger partial charge is 0.382 e. The molecule has 8 nitrogen and oxygen atoms in total. The van der Waals surface area contributed by atoms with E-state index in [4.69, 9.17) is 11.5 Å². The highest BCUT2D eigenvalue weighted by molar-refractivity contribution is 14.1. The number of nitrogen functional groups attached to an aromatic ring is 1. The molecule has 1 amide bonds. The number of hydrogen-bond donors (Lipinski definition) is 2. The van der Waals surface area contributed by atoms with Crippen molar-refractivity contribution in [3.8, 4) is 0 Å². The van der Waals surface area contributed by atoms with E-state index < -0.39 is 12.0 Å². The molecule has 0 saturated heterocycles. The lowest BCUT2D eigenvalue weighted by atomic mass is 10.0. The second-order valence-corrected chi connectivity index (χ2v) is 7.81. The van der Waals surface area contributed by atoms with E-state index in [-0.39, 0.29) is 35.7 Å². The number of rotatable bonds is 5. The third kappa shape index (κ3) is 3.32. The first-order chi connectivity index (χ1) is 13.3. The molecule has 0 atom stereocenters. The van der Waals surface area contributed by atoms with Gasteiger partial charge in [0.05, 0.1) is 0 Å². The first-order valence-corrected chi connectivity index (χ1v) is 9.72. The third-order valence-electron chi connectivity index (χ3n) is 4.80. The molecule has 0 bridgehead atoms. The molecule has 0 radical (unpaired) electrons. The molecule has 0 fully saturated rings. The van der Waals surface area contributed by atoms with Crippen molar-refractivity contribution < 1.29 is 14.0 Å². The Morgan fingerprint density at radius 3 is 2.79 bits per heavy atom. The average molecular weight is 494 g/mol. The van der Waals surface area contributed by atoms with Crippen LogP contribution in [-0.4, -0.2) is 31.2 Å². The highest BCUT2D eigenvalue weighted by Gasteiger charge is 2.23. The topological polar surface area (TPSA) is 130 Å². The first-order valence-electron chi connectivity index (χ1n) is 8.64. The Bertz CT molecular complexity index is 1140. The van der Waals surface area contributed by atoms with Gasteiger partial charge in [-0.25, -0.2) is 4.98 Å². The molecule has 2 aromatic heterocycles. The summed E-state index contributed by atoms with van der Waals surface area (Å²) >= 11 is 2.23. The van der Waals surface area contributed by atoms with Gasteiger partial charge in [-0.3, -0.25) is 9.59 Å². The van der Waals surface area contributed by atoms with E-state index >= 15 is 0 Å². The van der Waals surface area contributed by atoms with Gasteiger partial charge in [-0.2, -0.15) is 14.4 Å². The number of halogens is 2. The Morgan fingerprint density at radius 1 is 1.25 bits per heavy atom. The lowest BCUT2D eigenvalue weighted by molar-refractivity contribution is -0.118. The molecule has 1 aliphatic rings. The highest BCUT2D eigenvalue weighted by Crippen LogP contribution is 2.29. The number of anilines is 1. The molecule has 10 heteroatoms. The zero-order chi connectivity index (χ0) is 20.0. The lowest BCUT2D eigenvalue weighted by Gasteiger charge is -2.10. The van der Waals surface area contributed by atoms with Crippen molar-refractivity contribution in [3.05, 3.63) is 44.3 Å². The van der Waals surface area contributed by atoms with Crippen LogP contribution in [0.15, 0.2) is 12.1 Å². The summed E-state index contributed by atoms with van der Waals surface area (Å²) in [5, 5.41) is 0. The predicted octanol–water partition coefficient (Wildman–Crippen LogP) is 1.75. The number of primary amides is 1. The molecule has 0 saturated carbocycles. The smallest absolute Gasteiger partial charge is 0.312 e. The zero-order valence-corrected chi connectivity index (χ0v) is 16.9. The van der Waals surface area contributed by atoms with Gasteiger partial charge in [-0.15, -0.1) is 0 Å². The van der Waals surface area contributed by atoms with Crippen molar-refractivity contribution >= 4 is 51.3 Å². The monoisotopic (exact) mass is 494 g/mol. The number of aryl methyl sites for hydroxylation is 2. The quantitative estimate of drug-likeness (QED) is 0.411. The van der Waals surface area contributed by atoms with Crippen molar-refractivity contribution in [2.45, 2.75) is 32.2 Å². The number of aromatic nitrogens is 4. The van der Waals surface area contributed by atoms with Gasteiger partial charge in [0.2, 0.25) is 5.91 Å². The average Bonchev–Trinajstić information content (AvgIpc) is 3.14. The van der Waals surface area contributed by atoms with Gasteiger partial charge in [-0.05, 0) is 52.3 Å². The van der Waals surface area contributed by atoms with E-state index in [0.29, 0.717) is 18.7 Å². The van der Waals surface area contributed by atoms with Gasteiger partial charge in [0.15, 0.2) is 22.8 Å². The van der Waals surface area contributed by atoms with Crippen LogP contribution in [0.5, 0.6) is 0 Å². The molecule has 1 aromatic carbocycles. The maximum atomic E-state index is 13.7. The highest BCUT2D eigenvalue weighted by atomic mass is 127. The standard InChI is InChI=1S/C18H16FIN6O2/c19-18-24-16(22)15-17(25-18)26(4-3-13(21)28)14(23-15)7-9-5-10-8(6-11(9)20)1-2-12(10)27/h5-6H,1-4,7H2,(H2,21,28)(H2,22,24,25). The van der Waals surface area contributed by atoms with Crippen LogP contribution in [0.25, 0.3) is 11.2 Å². The van der Waals surface area contributed by atoms with E-state index in [0.717, 1.165) is 26.7 Å². The normalized spacial score (nSPS) is 13.3. The van der Waals surface area contributed by atoms with Gasteiger partial charge in [0.1, 0.15) is 5.82 Å². The van der Waals surface area contributed by atoms with Crippen molar-refractivity contribution in [2.24, 2.45) is 5.73 Å². The molecule has 0 aliphatic heterocycles. The fourth-order valence-electron chi connectivity index (χ4n) is 3.45. The number of benzene rings is 1. The van der Waals surface area contributed by atoms with Crippen molar-refractivity contribution in [2.75, 3.05) is 5.73 Å². The maximum Gasteiger partial charge on any atom is 0.312 e. The van der Waals surface area contributed by atoms with Crippen molar-refractivity contribution in [1.82, 2.24) is 19.5 Å². The number of carbonyl (C=O) groups excluding carboxylic acids is 2. The summed E-state index contributed by atoms with van der Waals surface area (Å²) < 4.78 is 16.3. The van der Waals surface area contributed by atoms with Crippen LogP contribution in [-0.2, 0) is 24.2 Å². The van der Waals surface area contributed by atoms with Crippen LogP contribution in [0.3, 0.4) is 0 Å². The van der Waals surface area contributed by atoms with Gasteiger partial charge >= 0.3 is 6.08 Å². The Labute approximate surface area is 172 Å². The summed E-state index contributed by atoms with van der Waals surface area (Å²) in [5.41, 5.74) is 14.3. The zero-order valence-electron chi connectivity index (χ0n) is 14.7. The van der Waals surface area contributed by atoms with Crippen molar-refractivity contribution in [3.63, 3.8) is 0 Å². The van der Waals surface area contributed by atoms with E-state index in [1.807, 2.05) is 12.1 Å². The maximum absolute atomic E-state index is 13.7. The number of imidazole rings is 1. The van der Waals surface area contributed by atoms with E-state index in [2.05, 4.69) is 37.5 Å². The minimum Gasteiger partial charge on any atom is -0.382 e. The van der Waals surface area contributed by atoms with Gasteiger partial charge in [0.25, 0.3) is 0 Å². The molecule has 28 heavy (non-hydrogen) atoms. The summed E-state index contributed by atoms with van der Waals surface area (Å²) in [6, 6.07) is 3.90. The number of Topliss-reactive ketones (excluding diaryl/α,β-unsaturated/α-hetero) is 1. The predicted molar refractivity (Wildman–Crippen MR) is 108 cm³/mol. The number of hydrogen-bond acceptors (Lipinski definition) is 6. The molecule has 0 unspecified atom stereocenters. The number of ketones is 1. The fraction of sp³-hybridized carbons (Fsp3) is 0.278. The fourth-order valence-corrected chi connectivity index (χ4v) is 4.17. The Kier molecular flexibility index (Phi) is 4.73. The van der Waals surface area contributed by atoms with E-state index in [1.54, 1.807) is 4.57 Å². The van der Waals surface area contributed by atoms with Crippen LogP contribution in [0.4, 0.5) is 10.2 Å². The lowest BCUT2D eigenvalue weighted by Crippen LogP contribution is -2.16. The number of carbonyl (C=O) groups is 2. The minimum absolute atomic E-state index is 0.0454. The number of fused-ring (bicyclic) bond motifs is 2. The number of nitrogens with zero attached hydrogens (tertiary/aromatic N) is 4. The van der Waals surface area contributed by atoms with E-state index in [1.165, 1.54) is 0 Å². The molecule has 4 N–H and O–H groups in total. The summed E-state index contributed by atoms with van der Waals surface area (Å²) in [5.74, 6) is 0.117. The molecule has 0 spiro atoms. The Morgan fingerprint density at radius 2 is 2.04 bits per heavy atom. The molecule has 4 rings (SSSR count). The molecule has 144 valence electrons. The second-order valence-electron chi connectivity index (χ2n) is 6.65. The van der Waals surface area contributed by atoms with E-state index in [9.17, 15) is 14.0 Å². The van der Waals surface area contributed by atoms with Crippen LogP contribution in [0.1, 0.15) is 40.2 Å². The Balaban J connectivity index is 1.81. The van der Waals surface area contributed by atoms with Crippen LogP contribution in [0.2, 0.25) is 0 Å². The molecular weight excluding hydrogens is 478 g/mol. The molecular formula is C18H16FIN6O2. The summed E-state index contributed by atoms with van der Waals surface area (Å²) in [6.07, 6.45) is 0.734. The molecule has 2 heterocycles. The number of amides is 1. The van der Waals surface area contributed by atoms with Gasteiger partial charge < -0.3 is 16.0 Å². The summed E-state index contributed by atoms with van der Waals surface area (Å²) in [4.78, 5) is 35.2. The Hall–Kier alpha value is -2.63. The molecule has 1 aliphatic carbocycles. The second kappa shape index (κ2) is 7.08. The minimum atomic E-state index is -0.963. The summed E-state index contributed by atoms with van der Waals surface area (Å²) in [7, 11) is 0. The van der Waals surface area contributed by atoms with Crippen LogP contribution in [0, 0.1) is 9.65 Å². The van der Waals surface area contributed by atoms with Crippen molar-refractivity contribution in [1.29, 1.82) is 0 Å². The van der Waals surface area contributed by atoms with Gasteiger partial charge in [-0.1, -0.05) is 0 Å². The van der Waals surface area contributed by atoms with Crippen LogP contribution >= 0.6 is 22.6 Å². The first kappa shape index (κ1) is 18.7. The molecule has 3 aromatic rings. The third-order valence-corrected chi connectivity index (χ3v) is 5.80. The SMILES string of the molecule is NC(=O)CCn1c(Cc2cc3c(cc2I)CCC3=O)nc2c(N)nc(F)nc21. The summed E-state index contributed by atoms with van der Waals surface area (Å²) in [6.45, 7) is 0.192. The van der Waals surface area contributed by atoms with Gasteiger partial charge in [0, 0.05) is 34.9 Å². The van der Waals surface area contributed by atoms with Crippen LogP contribution < -0.4 is 11.5 Å².